The zero-order valence-corrected chi connectivity index (χ0v) is 10.9. The van der Waals surface area contributed by atoms with Crippen molar-refractivity contribution in [3.8, 4) is 11.6 Å². The first-order valence-corrected chi connectivity index (χ1v) is 6.54. The molecule has 1 atom stereocenters. The summed E-state index contributed by atoms with van der Waals surface area (Å²) in [7, 11) is 0. The lowest BCUT2D eigenvalue weighted by atomic mass is 9.88. The summed E-state index contributed by atoms with van der Waals surface area (Å²) in [6.45, 7) is 2.07. The molecule has 0 aromatic carbocycles. The van der Waals surface area contributed by atoms with E-state index >= 15 is 0 Å². The fourth-order valence-corrected chi connectivity index (χ4v) is 2.65. The summed E-state index contributed by atoms with van der Waals surface area (Å²) in [5, 5.41) is 4.43. The Labute approximate surface area is 114 Å². The second-order valence-electron chi connectivity index (χ2n) is 5.18. The molecule has 4 rings (SSSR count). The van der Waals surface area contributed by atoms with Gasteiger partial charge in [-0.25, -0.2) is 4.98 Å². The highest BCUT2D eigenvalue weighted by Gasteiger charge is 2.26. The molecule has 0 saturated carbocycles. The Morgan fingerprint density at radius 1 is 1.40 bits per heavy atom. The van der Waals surface area contributed by atoms with Crippen molar-refractivity contribution in [2.45, 2.75) is 19.8 Å². The van der Waals surface area contributed by atoms with Crippen molar-refractivity contribution in [1.82, 2.24) is 19.6 Å². The lowest BCUT2D eigenvalue weighted by molar-refractivity contribution is 0.0951. The van der Waals surface area contributed by atoms with E-state index in [1.807, 2.05) is 0 Å². The largest absolute Gasteiger partial charge is 0.461 e. The van der Waals surface area contributed by atoms with Gasteiger partial charge in [0.2, 0.25) is 5.82 Å². The van der Waals surface area contributed by atoms with E-state index in [2.05, 4.69) is 22.0 Å². The third kappa shape index (κ3) is 1.57. The Bertz CT molecular complexity index is 804. The van der Waals surface area contributed by atoms with E-state index in [4.69, 9.17) is 4.42 Å². The lowest BCUT2D eigenvalue weighted by Gasteiger charge is -2.19. The molecule has 1 aliphatic rings. The van der Waals surface area contributed by atoms with Crippen LogP contribution in [0.3, 0.4) is 0 Å². The van der Waals surface area contributed by atoms with E-state index in [-0.39, 0.29) is 5.78 Å². The van der Waals surface area contributed by atoms with Crippen molar-refractivity contribution >= 4 is 11.6 Å². The van der Waals surface area contributed by atoms with E-state index < -0.39 is 0 Å². The van der Waals surface area contributed by atoms with Crippen LogP contribution in [0.1, 0.15) is 29.4 Å². The van der Waals surface area contributed by atoms with Gasteiger partial charge >= 0.3 is 0 Å². The van der Waals surface area contributed by atoms with Gasteiger partial charge in [0.25, 0.3) is 5.78 Å². The average molecular weight is 268 g/mol. The smallest absolute Gasteiger partial charge is 0.253 e. The predicted octanol–water partition coefficient (Wildman–Crippen LogP) is 2.15. The van der Waals surface area contributed by atoms with Crippen LogP contribution in [-0.4, -0.2) is 25.4 Å². The van der Waals surface area contributed by atoms with Crippen molar-refractivity contribution in [2.75, 3.05) is 0 Å². The van der Waals surface area contributed by atoms with Gasteiger partial charge in [0.05, 0.1) is 17.5 Å². The number of furan rings is 1. The molecule has 3 aromatic heterocycles. The highest BCUT2D eigenvalue weighted by atomic mass is 16.3. The molecule has 0 saturated heterocycles. The maximum atomic E-state index is 12.1. The van der Waals surface area contributed by atoms with E-state index in [9.17, 15) is 4.79 Å². The van der Waals surface area contributed by atoms with Crippen LogP contribution in [0.5, 0.6) is 0 Å². The van der Waals surface area contributed by atoms with Gasteiger partial charge in [-0.05, 0) is 24.5 Å². The summed E-state index contributed by atoms with van der Waals surface area (Å²) >= 11 is 0. The number of fused-ring (bicyclic) bond motifs is 3. The number of aromatic nitrogens is 4. The SMILES string of the molecule is CC1CC(=O)c2cnc3nc(-c4ccco4)nn3c2C1. The molecule has 0 aliphatic heterocycles. The van der Waals surface area contributed by atoms with Crippen LogP contribution in [0.15, 0.2) is 29.0 Å². The molecule has 0 amide bonds. The van der Waals surface area contributed by atoms with E-state index in [0.29, 0.717) is 35.3 Å². The van der Waals surface area contributed by atoms with Gasteiger partial charge in [-0.3, -0.25) is 4.79 Å². The summed E-state index contributed by atoms with van der Waals surface area (Å²) in [4.78, 5) is 20.6. The quantitative estimate of drug-likeness (QED) is 0.676. The number of carbonyl (C=O) groups excluding carboxylic acids is 1. The van der Waals surface area contributed by atoms with Gasteiger partial charge in [0.1, 0.15) is 0 Å². The minimum atomic E-state index is 0.128. The second-order valence-corrected chi connectivity index (χ2v) is 5.18. The van der Waals surface area contributed by atoms with Gasteiger partial charge in [0.15, 0.2) is 11.5 Å². The molecular weight excluding hydrogens is 256 g/mol. The minimum absolute atomic E-state index is 0.128. The average Bonchev–Trinajstić information content (AvgIpc) is 3.07. The third-order valence-electron chi connectivity index (χ3n) is 3.58. The lowest BCUT2D eigenvalue weighted by Crippen LogP contribution is -2.21. The van der Waals surface area contributed by atoms with E-state index in [1.54, 1.807) is 29.1 Å². The molecule has 100 valence electrons. The van der Waals surface area contributed by atoms with Gasteiger partial charge < -0.3 is 4.42 Å². The molecule has 20 heavy (non-hydrogen) atoms. The molecule has 3 aromatic rings. The molecule has 0 radical (unpaired) electrons. The molecule has 0 spiro atoms. The van der Waals surface area contributed by atoms with Crippen LogP contribution < -0.4 is 0 Å². The van der Waals surface area contributed by atoms with Crippen molar-refractivity contribution in [1.29, 1.82) is 0 Å². The summed E-state index contributed by atoms with van der Waals surface area (Å²) in [6.07, 6.45) is 4.57. The predicted molar refractivity (Wildman–Crippen MR) is 70.3 cm³/mol. The van der Waals surface area contributed by atoms with Crippen molar-refractivity contribution in [3.05, 3.63) is 35.9 Å². The van der Waals surface area contributed by atoms with Crippen molar-refractivity contribution < 1.29 is 9.21 Å². The number of ketones is 1. The van der Waals surface area contributed by atoms with Crippen molar-refractivity contribution in [3.63, 3.8) is 0 Å². The van der Waals surface area contributed by atoms with E-state index in [1.165, 1.54) is 0 Å². The normalized spacial score (nSPS) is 18.4. The minimum Gasteiger partial charge on any atom is -0.461 e. The Morgan fingerprint density at radius 3 is 3.10 bits per heavy atom. The highest BCUT2D eigenvalue weighted by molar-refractivity contribution is 5.98. The van der Waals surface area contributed by atoms with Crippen LogP contribution in [0.2, 0.25) is 0 Å². The Balaban J connectivity index is 1.95. The monoisotopic (exact) mass is 268 g/mol. The molecule has 0 bridgehead atoms. The third-order valence-corrected chi connectivity index (χ3v) is 3.58. The summed E-state index contributed by atoms with van der Waals surface area (Å²) in [5.74, 6) is 2.03. The first-order chi connectivity index (χ1) is 9.72. The fourth-order valence-electron chi connectivity index (χ4n) is 2.65. The molecule has 6 nitrogen and oxygen atoms in total. The number of carbonyl (C=O) groups is 1. The first kappa shape index (κ1) is 11.3. The van der Waals surface area contributed by atoms with Gasteiger partial charge in [-0.2, -0.15) is 9.50 Å². The van der Waals surface area contributed by atoms with Gasteiger partial charge in [0, 0.05) is 12.6 Å². The van der Waals surface area contributed by atoms with Crippen LogP contribution in [0.4, 0.5) is 0 Å². The zero-order valence-electron chi connectivity index (χ0n) is 10.9. The molecule has 0 N–H and O–H groups in total. The maximum Gasteiger partial charge on any atom is 0.253 e. The van der Waals surface area contributed by atoms with Gasteiger partial charge in [-0.15, -0.1) is 5.10 Å². The van der Waals surface area contributed by atoms with E-state index in [0.717, 1.165) is 12.1 Å². The van der Waals surface area contributed by atoms with Crippen LogP contribution >= 0.6 is 0 Å². The zero-order chi connectivity index (χ0) is 13.7. The molecule has 3 heterocycles. The Morgan fingerprint density at radius 2 is 2.30 bits per heavy atom. The Hall–Kier alpha value is -2.50. The molecule has 6 heteroatoms. The Kier molecular flexibility index (Phi) is 2.26. The number of rotatable bonds is 1. The molecule has 1 unspecified atom stereocenters. The van der Waals surface area contributed by atoms with Crippen molar-refractivity contribution in [2.24, 2.45) is 5.92 Å². The van der Waals surface area contributed by atoms with Crippen LogP contribution in [0, 0.1) is 5.92 Å². The number of nitrogens with zero attached hydrogens (tertiary/aromatic N) is 4. The standard InChI is InChI=1S/C14H12N4O2/c1-8-5-10-9(11(19)6-8)7-15-14-16-13(17-18(10)14)12-3-2-4-20-12/h2-4,7-8H,5-6H2,1H3. The highest BCUT2D eigenvalue weighted by Crippen LogP contribution is 2.26. The van der Waals surface area contributed by atoms with Crippen LogP contribution in [-0.2, 0) is 6.42 Å². The summed E-state index contributed by atoms with van der Waals surface area (Å²) in [5.41, 5.74) is 1.55. The molecular formula is C14H12N4O2. The fraction of sp³-hybridized carbons (Fsp3) is 0.286. The second kappa shape index (κ2) is 4.00. The molecule has 1 aliphatic carbocycles. The summed E-state index contributed by atoms with van der Waals surface area (Å²) in [6, 6.07) is 3.59. The maximum absolute atomic E-state index is 12.1. The van der Waals surface area contributed by atoms with Crippen LogP contribution in [0.25, 0.3) is 17.4 Å². The number of hydrogen-bond donors (Lipinski definition) is 0. The summed E-state index contributed by atoms with van der Waals surface area (Å²) < 4.78 is 6.97. The molecule has 0 fully saturated rings. The topological polar surface area (TPSA) is 73.3 Å². The number of Topliss-reactive ketones (excluding diaryl/α,β-unsaturated/α-hetero) is 1. The number of hydrogen-bond acceptors (Lipinski definition) is 5. The van der Waals surface area contributed by atoms with Gasteiger partial charge in [-0.1, -0.05) is 6.92 Å². The first-order valence-electron chi connectivity index (χ1n) is 6.54.